The first-order valence-electron chi connectivity index (χ1n) is 10.5. The van der Waals surface area contributed by atoms with Crippen molar-refractivity contribution >= 4 is 41.2 Å². The van der Waals surface area contributed by atoms with Gasteiger partial charge in [-0.3, -0.25) is 4.90 Å². The van der Waals surface area contributed by atoms with Gasteiger partial charge in [-0.15, -0.1) is 12.4 Å². The molecule has 0 spiro atoms. The van der Waals surface area contributed by atoms with Crippen molar-refractivity contribution in [1.82, 2.24) is 9.88 Å². The Morgan fingerprint density at radius 2 is 1.38 bits per heavy atom. The first-order valence-corrected chi connectivity index (χ1v) is 10.8. The predicted octanol–water partition coefficient (Wildman–Crippen LogP) is 5.79. The summed E-state index contributed by atoms with van der Waals surface area (Å²) in [6, 6.07) is 18.6. The van der Waals surface area contributed by atoms with Crippen molar-refractivity contribution in [2.24, 2.45) is 0 Å². The quantitative estimate of drug-likeness (QED) is 0.401. The normalized spacial score (nSPS) is 14.2. The monoisotopic (exact) mass is 478 g/mol. The molecule has 8 heteroatoms. The molecule has 0 saturated carbocycles. The molecule has 32 heavy (non-hydrogen) atoms. The summed E-state index contributed by atoms with van der Waals surface area (Å²) in [4.78, 5) is 11.2. The second-order valence-corrected chi connectivity index (χ2v) is 7.99. The molecule has 0 aliphatic carbocycles. The highest BCUT2D eigenvalue weighted by Crippen LogP contribution is 2.26. The summed E-state index contributed by atoms with van der Waals surface area (Å²) in [5, 5.41) is 0.515. The summed E-state index contributed by atoms with van der Waals surface area (Å²) in [5.74, 6) is 0.385. The lowest BCUT2D eigenvalue weighted by Gasteiger charge is -2.36. The first kappa shape index (κ1) is 24.2. The van der Waals surface area contributed by atoms with E-state index in [4.69, 9.17) is 11.6 Å². The summed E-state index contributed by atoms with van der Waals surface area (Å²) >= 11 is 6.01. The molecule has 1 saturated heterocycles. The molecule has 0 radical (unpaired) electrons. The van der Waals surface area contributed by atoms with Gasteiger partial charge in [0.15, 0.2) is 0 Å². The minimum atomic E-state index is -0.269. The van der Waals surface area contributed by atoms with E-state index in [0.717, 1.165) is 62.9 Å². The van der Waals surface area contributed by atoms with Crippen LogP contribution in [0.4, 0.5) is 26.0 Å². The van der Waals surface area contributed by atoms with E-state index in [2.05, 4.69) is 19.7 Å². The topological polar surface area (TPSA) is 22.6 Å². The Morgan fingerprint density at radius 3 is 1.91 bits per heavy atom. The van der Waals surface area contributed by atoms with E-state index in [-0.39, 0.29) is 24.0 Å². The van der Waals surface area contributed by atoms with Gasteiger partial charge in [-0.2, -0.15) is 0 Å². The smallest absolute Gasteiger partial charge is 0.131 e. The van der Waals surface area contributed by atoms with E-state index in [1.807, 2.05) is 12.1 Å². The Kier molecular flexibility index (Phi) is 8.67. The number of hydrogen-bond donors (Lipinski definition) is 0. The van der Waals surface area contributed by atoms with Crippen LogP contribution >= 0.6 is 24.0 Å². The van der Waals surface area contributed by atoms with E-state index in [1.54, 1.807) is 30.3 Å². The fourth-order valence-corrected chi connectivity index (χ4v) is 4.04. The van der Waals surface area contributed by atoms with Crippen LogP contribution in [0.15, 0.2) is 66.7 Å². The van der Waals surface area contributed by atoms with E-state index < -0.39 is 0 Å². The highest BCUT2D eigenvalue weighted by atomic mass is 35.5. The maximum Gasteiger partial charge on any atom is 0.131 e. The van der Waals surface area contributed by atoms with Crippen LogP contribution in [0.25, 0.3) is 0 Å². The Balaban J connectivity index is 0.00000289. The fraction of sp³-hybridized carbons (Fsp3) is 0.292. The second kappa shape index (κ2) is 11.5. The van der Waals surface area contributed by atoms with Crippen molar-refractivity contribution < 1.29 is 8.78 Å². The Bertz CT molecular complexity index is 933. The van der Waals surface area contributed by atoms with Gasteiger partial charge in [0.25, 0.3) is 0 Å². The van der Waals surface area contributed by atoms with Gasteiger partial charge in [0.2, 0.25) is 0 Å². The molecule has 0 bridgehead atoms. The van der Waals surface area contributed by atoms with Gasteiger partial charge in [0.1, 0.15) is 22.6 Å². The van der Waals surface area contributed by atoms with Crippen molar-refractivity contribution in [2.75, 3.05) is 49.1 Å². The van der Waals surface area contributed by atoms with E-state index >= 15 is 0 Å². The van der Waals surface area contributed by atoms with Gasteiger partial charge < -0.3 is 9.80 Å². The molecule has 2 heterocycles. The summed E-state index contributed by atoms with van der Waals surface area (Å²) < 4.78 is 26.8. The molecular weight excluding hydrogens is 453 g/mol. The fourth-order valence-electron chi connectivity index (χ4n) is 3.88. The lowest BCUT2D eigenvalue weighted by molar-refractivity contribution is 0.256. The zero-order chi connectivity index (χ0) is 21.6. The minimum Gasteiger partial charge on any atom is -0.354 e. The molecule has 0 N–H and O–H groups in total. The van der Waals surface area contributed by atoms with Crippen LogP contribution in [0.5, 0.6) is 0 Å². The SMILES string of the molecule is Cl.Fc1ccc(N(CCCN2CCN(c3cccc(Cl)n3)CC2)c2ccc(F)cc2)cc1. The number of anilines is 3. The summed E-state index contributed by atoms with van der Waals surface area (Å²) in [7, 11) is 0. The molecular formula is C24H26Cl2F2N4. The average molecular weight is 479 g/mol. The minimum absolute atomic E-state index is 0. The molecule has 4 rings (SSSR count). The van der Waals surface area contributed by atoms with Crippen LogP contribution in [-0.4, -0.2) is 49.2 Å². The number of pyridine rings is 1. The van der Waals surface area contributed by atoms with Crippen molar-refractivity contribution in [3.63, 3.8) is 0 Å². The molecule has 1 aromatic heterocycles. The molecule has 0 amide bonds. The van der Waals surface area contributed by atoms with Gasteiger partial charge >= 0.3 is 0 Å². The van der Waals surface area contributed by atoms with Crippen molar-refractivity contribution in [1.29, 1.82) is 0 Å². The van der Waals surface area contributed by atoms with Crippen LogP contribution in [0.2, 0.25) is 5.15 Å². The number of halogens is 4. The summed E-state index contributed by atoms with van der Waals surface area (Å²) in [6.45, 7) is 5.45. The van der Waals surface area contributed by atoms with Crippen molar-refractivity contribution in [2.45, 2.75) is 6.42 Å². The maximum absolute atomic E-state index is 13.4. The van der Waals surface area contributed by atoms with Gasteiger partial charge in [-0.1, -0.05) is 17.7 Å². The number of piperazine rings is 1. The molecule has 1 aliphatic heterocycles. The van der Waals surface area contributed by atoms with Crippen LogP contribution in [0, 0.1) is 11.6 Å². The third-order valence-corrected chi connectivity index (χ3v) is 5.74. The number of benzene rings is 2. The van der Waals surface area contributed by atoms with Gasteiger partial charge in [-0.25, -0.2) is 13.8 Å². The number of hydrogen-bond acceptors (Lipinski definition) is 4. The standard InChI is InChI=1S/C24H25ClF2N4.ClH/c25-23-3-1-4-24(28-23)30-17-15-29(16-18-30)13-2-14-31(21-9-5-19(26)6-10-21)22-11-7-20(27)8-12-22;/h1,3-12H,2,13-18H2;1H. The molecule has 0 unspecified atom stereocenters. The van der Waals surface area contributed by atoms with Gasteiger partial charge in [0, 0.05) is 44.1 Å². The number of aromatic nitrogens is 1. The predicted molar refractivity (Wildman–Crippen MR) is 130 cm³/mol. The van der Waals surface area contributed by atoms with Crippen molar-refractivity contribution in [3.05, 3.63) is 83.5 Å². The summed E-state index contributed by atoms with van der Waals surface area (Å²) in [5.41, 5.74) is 1.79. The van der Waals surface area contributed by atoms with E-state index in [1.165, 1.54) is 24.3 Å². The number of nitrogens with zero attached hydrogens (tertiary/aromatic N) is 4. The van der Waals surface area contributed by atoms with Crippen molar-refractivity contribution in [3.8, 4) is 0 Å². The maximum atomic E-state index is 13.4. The Morgan fingerprint density at radius 1 is 0.812 bits per heavy atom. The largest absolute Gasteiger partial charge is 0.354 e. The molecule has 1 fully saturated rings. The third kappa shape index (κ3) is 6.31. The van der Waals surface area contributed by atoms with Gasteiger partial charge in [-0.05, 0) is 73.6 Å². The molecule has 3 aromatic rings. The highest BCUT2D eigenvalue weighted by Gasteiger charge is 2.18. The lowest BCUT2D eigenvalue weighted by atomic mass is 10.2. The Labute approximate surface area is 198 Å². The van der Waals surface area contributed by atoms with Crippen LogP contribution in [0.3, 0.4) is 0 Å². The molecule has 1 aliphatic rings. The van der Waals surface area contributed by atoms with Gasteiger partial charge in [0.05, 0.1) is 0 Å². The lowest BCUT2D eigenvalue weighted by Crippen LogP contribution is -2.47. The van der Waals surface area contributed by atoms with Crippen LogP contribution < -0.4 is 9.80 Å². The van der Waals surface area contributed by atoms with E-state index in [9.17, 15) is 8.78 Å². The third-order valence-electron chi connectivity index (χ3n) is 5.53. The molecule has 170 valence electrons. The first-order chi connectivity index (χ1) is 15.1. The zero-order valence-corrected chi connectivity index (χ0v) is 19.2. The average Bonchev–Trinajstić information content (AvgIpc) is 2.79. The molecule has 4 nitrogen and oxygen atoms in total. The van der Waals surface area contributed by atoms with E-state index in [0.29, 0.717) is 5.15 Å². The molecule has 2 aromatic carbocycles. The van der Waals surface area contributed by atoms with Crippen LogP contribution in [0.1, 0.15) is 6.42 Å². The second-order valence-electron chi connectivity index (χ2n) is 7.61. The molecule has 0 atom stereocenters. The number of rotatable bonds is 7. The summed E-state index contributed by atoms with van der Waals surface area (Å²) in [6.07, 6.45) is 0.935. The zero-order valence-electron chi connectivity index (χ0n) is 17.6. The highest BCUT2D eigenvalue weighted by molar-refractivity contribution is 6.29. The van der Waals surface area contributed by atoms with Crippen LogP contribution in [-0.2, 0) is 0 Å². The Hall–Kier alpha value is -2.41.